The fourth-order valence-corrected chi connectivity index (χ4v) is 2.25. The minimum atomic E-state index is 0.285. The molecule has 0 saturated heterocycles. The summed E-state index contributed by atoms with van der Waals surface area (Å²) in [4.78, 5) is 4.27. The van der Waals surface area contributed by atoms with Crippen molar-refractivity contribution in [3.05, 3.63) is 46.2 Å². The Kier molecular flexibility index (Phi) is 4.98. The fourth-order valence-electron chi connectivity index (χ4n) is 1.83. The quantitative estimate of drug-likeness (QED) is 0.669. The molecule has 0 amide bonds. The molecule has 0 aliphatic heterocycles. The number of benzene rings is 1. The van der Waals surface area contributed by atoms with E-state index in [0.717, 1.165) is 11.4 Å². The van der Waals surface area contributed by atoms with Crippen molar-refractivity contribution in [3.63, 3.8) is 0 Å². The van der Waals surface area contributed by atoms with Gasteiger partial charge >= 0.3 is 0 Å². The first-order chi connectivity index (χ1) is 10.0. The Morgan fingerprint density at radius 2 is 2.10 bits per heavy atom. The topological polar surface area (TPSA) is 64.6 Å². The molecular formula is C14H16Cl2N4O. The molecular weight excluding hydrogens is 311 g/mol. The lowest BCUT2D eigenvalue weighted by Crippen LogP contribution is -2.23. The molecule has 7 heteroatoms. The summed E-state index contributed by atoms with van der Waals surface area (Å²) in [5.41, 5.74) is 7.50. The van der Waals surface area contributed by atoms with Gasteiger partial charge in [0, 0.05) is 12.7 Å². The normalized spacial score (nSPS) is 11.5. The SMILES string of the molecule is COc1ccccc1NC(N)=NCc1cc(Cl)c(Cl)n1C. The van der Waals surface area contributed by atoms with Crippen molar-refractivity contribution in [3.8, 4) is 5.75 Å². The van der Waals surface area contributed by atoms with Crippen molar-refractivity contribution >= 4 is 34.8 Å². The number of methoxy groups -OCH3 is 1. The monoisotopic (exact) mass is 326 g/mol. The van der Waals surface area contributed by atoms with Gasteiger partial charge in [-0.05, 0) is 18.2 Å². The van der Waals surface area contributed by atoms with E-state index in [-0.39, 0.29) is 5.96 Å². The predicted octanol–water partition coefficient (Wildman–Crippen LogP) is 3.27. The molecule has 1 heterocycles. The lowest BCUT2D eigenvalue weighted by atomic mass is 10.3. The summed E-state index contributed by atoms with van der Waals surface area (Å²) in [6.07, 6.45) is 0. The summed E-state index contributed by atoms with van der Waals surface area (Å²) >= 11 is 12.0. The maximum atomic E-state index is 6.00. The molecule has 0 radical (unpaired) electrons. The highest BCUT2D eigenvalue weighted by atomic mass is 35.5. The van der Waals surface area contributed by atoms with Gasteiger partial charge in [0.05, 0.1) is 24.4 Å². The second kappa shape index (κ2) is 6.74. The second-order valence-corrected chi connectivity index (χ2v) is 5.13. The molecule has 0 atom stereocenters. The molecule has 0 aliphatic carbocycles. The molecule has 0 spiro atoms. The number of nitrogens with zero attached hydrogens (tertiary/aromatic N) is 2. The number of nitrogens with two attached hydrogens (primary N) is 1. The van der Waals surface area contributed by atoms with Gasteiger partial charge in [-0.1, -0.05) is 35.3 Å². The third-order valence-electron chi connectivity index (χ3n) is 3.00. The molecule has 0 fully saturated rings. The Labute approximate surface area is 133 Å². The number of aliphatic imine (C=N–C) groups is 1. The Balaban J connectivity index is 2.09. The summed E-state index contributed by atoms with van der Waals surface area (Å²) in [5, 5.41) is 3.99. The van der Waals surface area contributed by atoms with Crippen LogP contribution in [0, 0.1) is 0 Å². The van der Waals surface area contributed by atoms with Crippen LogP contribution in [0.5, 0.6) is 5.75 Å². The van der Waals surface area contributed by atoms with Gasteiger partial charge in [0.25, 0.3) is 0 Å². The number of rotatable bonds is 4. The average Bonchev–Trinajstić information content (AvgIpc) is 2.73. The minimum Gasteiger partial charge on any atom is -0.495 e. The molecule has 112 valence electrons. The lowest BCUT2D eigenvalue weighted by Gasteiger charge is -2.10. The minimum absolute atomic E-state index is 0.285. The van der Waals surface area contributed by atoms with Gasteiger partial charge < -0.3 is 20.4 Å². The van der Waals surface area contributed by atoms with Crippen molar-refractivity contribution in [1.82, 2.24) is 4.57 Å². The van der Waals surface area contributed by atoms with E-state index in [9.17, 15) is 0 Å². The van der Waals surface area contributed by atoms with Gasteiger partial charge in [-0.2, -0.15) is 0 Å². The van der Waals surface area contributed by atoms with Crippen LogP contribution >= 0.6 is 23.2 Å². The number of anilines is 1. The van der Waals surface area contributed by atoms with Crippen molar-refractivity contribution in [2.24, 2.45) is 17.8 Å². The Morgan fingerprint density at radius 3 is 2.71 bits per heavy atom. The van der Waals surface area contributed by atoms with Gasteiger partial charge in [-0.25, -0.2) is 4.99 Å². The predicted molar refractivity (Wildman–Crippen MR) is 87.4 cm³/mol. The van der Waals surface area contributed by atoms with E-state index in [1.165, 1.54) is 0 Å². The zero-order valence-electron chi connectivity index (χ0n) is 11.7. The van der Waals surface area contributed by atoms with Gasteiger partial charge in [0.2, 0.25) is 0 Å². The highest BCUT2D eigenvalue weighted by Gasteiger charge is 2.08. The van der Waals surface area contributed by atoms with Crippen LogP contribution in [-0.2, 0) is 13.6 Å². The van der Waals surface area contributed by atoms with Crippen LogP contribution in [0.25, 0.3) is 0 Å². The van der Waals surface area contributed by atoms with Crippen LogP contribution < -0.4 is 15.8 Å². The van der Waals surface area contributed by atoms with Crippen LogP contribution in [0.3, 0.4) is 0 Å². The number of hydrogen-bond acceptors (Lipinski definition) is 2. The van der Waals surface area contributed by atoms with Crippen molar-refractivity contribution in [2.75, 3.05) is 12.4 Å². The number of aromatic nitrogens is 1. The first kappa shape index (κ1) is 15.5. The molecule has 21 heavy (non-hydrogen) atoms. The Hall–Kier alpha value is -1.85. The maximum Gasteiger partial charge on any atom is 0.193 e. The zero-order valence-corrected chi connectivity index (χ0v) is 13.2. The number of nitrogens with one attached hydrogen (secondary N) is 1. The van der Waals surface area contributed by atoms with Crippen molar-refractivity contribution < 1.29 is 4.74 Å². The van der Waals surface area contributed by atoms with Crippen LogP contribution in [0.1, 0.15) is 5.69 Å². The van der Waals surface area contributed by atoms with Crippen LogP contribution in [0.2, 0.25) is 10.2 Å². The van der Waals surface area contributed by atoms with Gasteiger partial charge in [-0.15, -0.1) is 0 Å². The summed E-state index contributed by atoms with van der Waals surface area (Å²) in [6, 6.07) is 9.23. The van der Waals surface area contributed by atoms with Crippen molar-refractivity contribution in [1.29, 1.82) is 0 Å². The van der Waals surface area contributed by atoms with E-state index >= 15 is 0 Å². The summed E-state index contributed by atoms with van der Waals surface area (Å²) < 4.78 is 7.00. The fraction of sp³-hybridized carbons (Fsp3) is 0.214. The van der Waals surface area contributed by atoms with Crippen LogP contribution in [-0.4, -0.2) is 17.6 Å². The molecule has 1 aromatic heterocycles. The average molecular weight is 327 g/mol. The van der Waals surface area contributed by atoms with Crippen LogP contribution in [0.4, 0.5) is 5.69 Å². The molecule has 2 rings (SSSR count). The molecule has 2 aromatic rings. The third-order valence-corrected chi connectivity index (χ3v) is 3.84. The molecule has 0 aliphatic rings. The Morgan fingerprint density at radius 1 is 1.38 bits per heavy atom. The van der Waals surface area contributed by atoms with Crippen molar-refractivity contribution in [2.45, 2.75) is 6.54 Å². The zero-order chi connectivity index (χ0) is 15.4. The number of hydrogen-bond donors (Lipinski definition) is 2. The highest BCUT2D eigenvalue weighted by molar-refractivity contribution is 6.41. The van der Waals surface area contributed by atoms with E-state index in [1.54, 1.807) is 17.7 Å². The molecule has 3 N–H and O–H groups in total. The number of guanidine groups is 1. The third kappa shape index (κ3) is 3.62. The first-order valence-corrected chi connectivity index (χ1v) is 6.98. The molecule has 1 aromatic carbocycles. The summed E-state index contributed by atoms with van der Waals surface area (Å²) in [7, 11) is 3.42. The van der Waals surface area contributed by atoms with E-state index < -0.39 is 0 Å². The van der Waals surface area contributed by atoms with Gasteiger partial charge in [-0.3, -0.25) is 0 Å². The molecule has 0 saturated carbocycles. The number of para-hydroxylation sites is 2. The summed E-state index contributed by atoms with van der Waals surface area (Å²) in [6.45, 7) is 0.372. The number of halogens is 2. The maximum absolute atomic E-state index is 6.00. The van der Waals surface area contributed by atoms with E-state index in [1.807, 2.05) is 31.3 Å². The molecule has 5 nitrogen and oxygen atoms in total. The van der Waals surface area contributed by atoms with Crippen LogP contribution in [0.15, 0.2) is 35.3 Å². The largest absolute Gasteiger partial charge is 0.495 e. The van der Waals surface area contributed by atoms with E-state index in [4.69, 9.17) is 33.7 Å². The number of ether oxygens (including phenoxy) is 1. The lowest BCUT2D eigenvalue weighted by molar-refractivity contribution is 0.417. The molecule has 0 unspecified atom stereocenters. The first-order valence-electron chi connectivity index (χ1n) is 6.22. The van der Waals surface area contributed by atoms with E-state index in [2.05, 4.69) is 10.3 Å². The molecule has 0 bridgehead atoms. The van der Waals surface area contributed by atoms with Gasteiger partial charge in [0.1, 0.15) is 10.9 Å². The summed E-state index contributed by atoms with van der Waals surface area (Å²) in [5.74, 6) is 0.980. The highest BCUT2D eigenvalue weighted by Crippen LogP contribution is 2.26. The van der Waals surface area contributed by atoms with E-state index in [0.29, 0.717) is 22.5 Å². The smallest absolute Gasteiger partial charge is 0.193 e. The Bertz CT molecular complexity index is 667. The standard InChI is InChI=1S/C14H16Cl2N4O/c1-20-9(7-10(15)13(20)16)8-18-14(17)19-11-5-3-4-6-12(11)21-2/h3-7H,8H2,1-2H3,(H3,17,18,19). The van der Waals surface area contributed by atoms with Gasteiger partial charge in [0.15, 0.2) is 5.96 Å². The second-order valence-electron chi connectivity index (χ2n) is 4.36.